The minimum absolute atomic E-state index is 0.142. The number of Topliss-reactive ketones (excluding diaryl/α,β-unsaturated/α-hetero) is 1. The highest BCUT2D eigenvalue weighted by Gasteiger charge is 2.13. The van der Waals surface area contributed by atoms with Crippen LogP contribution in [0.3, 0.4) is 0 Å². The number of hydrogen-bond donors (Lipinski definition) is 2. The Morgan fingerprint density at radius 2 is 2.17 bits per heavy atom. The van der Waals surface area contributed by atoms with Gasteiger partial charge in [-0.1, -0.05) is 39.0 Å². The summed E-state index contributed by atoms with van der Waals surface area (Å²) in [6.45, 7) is 6.59. The van der Waals surface area contributed by atoms with Crippen molar-refractivity contribution in [2.75, 3.05) is 6.54 Å². The number of hydrogen-bond acceptors (Lipinski definition) is 2. The van der Waals surface area contributed by atoms with E-state index in [2.05, 4.69) is 23.3 Å². The molecule has 0 atom stereocenters. The summed E-state index contributed by atoms with van der Waals surface area (Å²) < 4.78 is 0. The summed E-state index contributed by atoms with van der Waals surface area (Å²) in [4.78, 5) is 15.4. The molecular formula is C15H20N2O. The fraction of sp³-hybridized carbons (Fsp3) is 0.400. The van der Waals surface area contributed by atoms with Crippen LogP contribution in [-0.4, -0.2) is 23.4 Å². The quantitative estimate of drug-likeness (QED) is 0.794. The highest BCUT2D eigenvalue weighted by atomic mass is 16.1. The third kappa shape index (κ3) is 2.46. The number of carbonyl (C=O) groups excluding carboxylic acids is 1. The predicted octanol–water partition coefficient (Wildman–Crippen LogP) is 2.91. The molecule has 1 aromatic heterocycles. The van der Waals surface area contributed by atoms with Crippen LogP contribution in [0.25, 0.3) is 10.9 Å². The summed E-state index contributed by atoms with van der Waals surface area (Å²) in [5, 5.41) is 4.20. The molecule has 0 fully saturated rings. The minimum atomic E-state index is 0.142. The monoisotopic (exact) mass is 244 g/mol. The lowest BCUT2D eigenvalue weighted by molar-refractivity contribution is 0.0990. The van der Waals surface area contributed by atoms with Crippen LogP contribution >= 0.6 is 0 Å². The Morgan fingerprint density at radius 3 is 2.83 bits per heavy atom. The second kappa shape index (κ2) is 5.36. The maximum absolute atomic E-state index is 12.1. The number of para-hydroxylation sites is 1. The summed E-state index contributed by atoms with van der Waals surface area (Å²) >= 11 is 0. The van der Waals surface area contributed by atoms with Crippen LogP contribution in [0.15, 0.2) is 24.4 Å². The van der Waals surface area contributed by atoms with Gasteiger partial charge in [0, 0.05) is 28.7 Å². The van der Waals surface area contributed by atoms with Gasteiger partial charge in [0.2, 0.25) is 0 Å². The van der Waals surface area contributed by atoms with Crippen molar-refractivity contribution >= 4 is 16.7 Å². The Hall–Kier alpha value is -1.61. The molecule has 2 aromatic rings. The maximum atomic E-state index is 12.1. The number of aromatic nitrogens is 1. The lowest BCUT2D eigenvalue weighted by atomic mass is 10.0. The first kappa shape index (κ1) is 12.8. The number of H-pyrrole nitrogens is 1. The van der Waals surface area contributed by atoms with Crippen LogP contribution in [0, 0.1) is 0 Å². The third-order valence-electron chi connectivity index (χ3n) is 3.15. The van der Waals surface area contributed by atoms with Gasteiger partial charge in [0.25, 0.3) is 0 Å². The standard InChI is InChI=1S/C15H20N2O/c1-4-11-6-5-7-12-13(8-17-15(11)12)14(18)9-16-10(2)3/h5-8,10,16-17H,4,9H2,1-3H3. The molecule has 2 rings (SSSR count). The van der Waals surface area contributed by atoms with E-state index < -0.39 is 0 Å². The van der Waals surface area contributed by atoms with E-state index in [1.54, 1.807) is 0 Å². The van der Waals surface area contributed by atoms with Gasteiger partial charge in [-0.2, -0.15) is 0 Å². The van der Waals surface area contributed by atoms with E-state index in [4.69, 9.17) is 0 Å². The fourth-order valence-corrected chi connectivity index (χ4v) is 2.13. The molecule has 0 amide bonds. The average Bonchev–Trinajstić information content (AvgIpc) is 2.79. The molecule has 0 unspecified atom stereocenters. The van der Waals surface area contributed by atoms with E-state index in [-0.39, 0.29) is 5.78 Å². The lowest BCUT2D eigenvalue weighted by Crippen LogP contribution is -2.29. The minimum Gasteiger partial charge on any atom is -0.360 e. The van der Waals surface area contributed by atoms with Gasteiger partial charge in [0.05, 0.1) is 6.54 Å². The largest absolute Gasteiger partial charge is 0.360 e. The SMILES string of the molecule is CCc1cccc2c(C(=O)CNC(C)C)c[nH]c12. The van der Waals surface area contributed by atoms with E-state index in [0.29, 0.717) is 12.6 Å². The van der Waals surface area contributed by atoms with Crippen LogP contribution in [0.4, 0.5) is 0 Å². The number of carbonyl (C=O) groups is 1. The highest BCUT2D eigenvalue weighted by molar-refractivity contribution is 6.09. The Morgan fingerprint density at radius 1 is 1.39 bits per heavy atom. The van der Waals surface area contributed by atoms with Crippen molar-refractivity contribution < 1.29 is 4.79 Å². The number of nitrogens with one attached hydrogen (secondary N) is 2. The van der Waals surface area contributed by atoms with Crippen molar-refractivity contribution in [1.82, 2.24) is 10.3 Å². The first-order valence-electron chi connectivity index (χ1n) is 6.49. The number of rotatable bonds is 5. The van der Waals surface area contributed by atoms with Crippen LogP contribution in [0.1, 0.15) is 36.7 Å². The third-order valence-corrected chi connectivity index (χ3v) is 3.15. The lowest BCUT2D eigenvalue weighted by Gasteiger charge is -2.06. The number of aromatic amines is 1. The molecule has 0 radical (unpaired) electrons. The summed E-state index contributed by atoms with van der Waals surface area (Å²) in [7, 11) is 0. The number of benzene rings is 1. The second-order valence-corrected chi connectivity index (χ2v) is 4.85. The Labute approximate surface area is 108 Å². The highest BCUT2D eigenvalue weighted by Crippen LogP contribution is 2.22. The van der Waals surface area contributed by atoms with Crippen molar-refractivity contribution in [2.45, 2.75) is 33.2 Å². The van der Waals surface area contributed by atoms with Crippen LogP contribution < -0.4 is 5.32 Å². The summed E-state index contributed by atoms with van der Waals surface area (Å²) in [5.74, 6) is 0.142. The van der Waals surface area contributed by atoms with Crippen molar-refractivity contribution in [3.8, 4) is 0 Å². The van der Waals surface area contributed by atoms with Crippen LogP contribution in [0.2, 0.25) is 0 Å². The molecule has 18 heavy (non-hydrogen) atoms. The molecule has 3 nitrogen and oxygen atoms in total. The molecule has 96 valence electrons. The predicted molar refractivity (Wildman–Crippen MR) is 75.1 cm³/mol. The molecule has 0 saturated heterocycles. The van der Waals surface area contributed by atoms with Crippen molar-refractivity contribution in [3.63, 3.8) is 0 Å². The fourth-order valence-electron chi connectivity index (χ4n) is 2.13. The molecule has 3 heteroatoms. The Kier molecular flexibility index (Phi) is 3.82. The van der Waals surface area contributed by atoms with Crippen LogP contribution in [0.5, 0.6) is 0 Å². The van der Waals surface area contributed by atoms with Gasteiger partial charge in [-0.3, -0.25) is 4.79 Å². The molecule has 0 spiro atoms. The smallest absolute Gasteiger partial charge is 0.178 e. The summed E-state index contributed by atoms with van der Waals surface area (Å²) in [6.07, 6.45) is 2.80. The number of ketones is 1. The van der Waals surface area contributed by atoms with Gasteiger partial charge >= 0.3 is 0 Å². The Balaban J connectivity index is 2.32. The van der Waals surface area contributed by atoms with Gasteiger partial charge in [-0.05, 0) is 12.0 Å². The van der Waals surface area contributed by atoms with Gasteiger partial charge < -0.3 is 10.3 Å². The molecule has 1 heterocycles. The molecule has 0 aliphatic heterocycles. The van der Waals surface area contributed by atoms with Gasteiger partial charge in [-0.15, -0.1) is 0 Å². The van der Waals surface area contributed by atoms with Gasteiger partial charge in [-0.25, -0.2) is 0 Å². The van der Waals surface area contributed by atoms with E-state index >= 15 is 0 Å². The summed E-state index contributed by atoms with van der Waals surface area (Å²) in [5.41, 5.74) is 3.13. The molecule has 0 aliphatic carbocycles. The molecular weight excluding hydrogens is 224 g/mol. The topological polar surface area (TPSA) is 44.9 Å². The second-order valence-electron chi connectivity index (χ2n) is 4.85. The van der Waals surface area contributed by atoms with Crippen molar-refractivity contribution in [1.29, 1.82) is 0 Å². The number of aryl methyl sites for hydroxylation is 1. The Bertz CT molecular complexity index is 555. The van der Waals surface area contributed by atoms with E-state index in [1.807, 2.05) is 32.2 Å². The molecule has 0 saturated carbocycles. The average molecular weight is 244 g/mol. The zero-order valence-electron chi connectivity index (χ0n) is 11.2. The normalized spacial score (nSPS) is 11.3. The van der Waals surface area contributed by atoms with Crippen molar-refractivity contribution in [3.05, 3.63) is 35.5 Å². The van der Waals surface area contributed by atoms with Crippen molar-refractivity contribution in [2.24, 2.45) is 0 Å². The van der Waals surface area contributed by atoms with E-state index in [0.717, 1.165) is 22.9 Å². The first-order valence-corrected chi connectivity index (χ1v) is 6.49. The van der Waals surface area contributed by atoms with Crippen LogP contribution in [-0.2, 0) is 6.42 Å². The van der Waals surface area contributed by atoms with E-state index in [9.17, 15) is 4.79 Å². The van der Waals surface area contributed by atoms with E-state index in [1.165, 1.54) is 5.56 Å². The zero-order valence-corrected chi connectivity index (χ0v) is 11.2. The van der Waals surface area contributed by atoms with Gasteiger partial charge in [0.15, 0.2) is 5.78 Å². The first-order chi connectivity index (χ1) is 8.63. The van der Waals surface area contributed by atoms with Gasteiger partial charge in [0.1, 0.15) is 0 Å². The maximum Gasteiger partial charge on any atom is 0.178 e. The zero-order chi connectivity index (χ0) is 13.1. The molecule has 0 bridgehead atoms. The summed E-state index contributed by atoms with van der Waals surface area (Å²) in [6, 6.07) is 6.44. The molecule has 1 aromatic carbocycles. The molecule has 2 N–H and O–H groups in total. The molecule has 0 aliphatic rings. The number of fused-ring (bicyclic) bond motifs is 1.